The number of carbonyl (C=O) groups excluding carboxylic acids is 1. The number of carbonyl (C=O) groups is 2. The second-order valence-electron chi connectivity index (χ2n) is 3.69. The molecule has 0 bridgehead atoms. The SMILES string of the molecule is CCOC(C)C(=O)N(CC(=O)O)C1CC1. The van der Waals surface area contributed by atoms with E-state index in [2.05, 4.69) is 0 Å². The molecule has 1 rings (SSSR count). The first kappa shape index (κ1) is 12.0. The van der Waals surface area contributed by atoms with Gasteiger partial charge in [-0.15, -0.1) is 0 Å². The van der Waals surface area contributed by atoms with Gasteiger partial charge in [0, 0.05) is 12.6 Å². The Morgan fingerprint density at radius 3 is 2.53 bits per heavy atom. The predicted octanol–water partition coefficient (Wildman–Crippen LogP) is 0.487. The minimum atomic E-state index is -0.973. The number of carboxylic acids is 1. The Morgan fingerprint density at radius 2 is 2.13 bits per heavy atom. The maximum atomic E-state index is 11.8. The van der Waals surface area contributed by atoms with Gasteiger partial charge in [0.25, 0.3) is 5.91 Å². The van der Waals surface area contributed by atoms with Crippen molar-refractivity contribution in [1.29, 1.82) is 0 Å². The monoisotopic (exact) mass is 215 g/mol. The van der Waals surface area contributed by atoms with Gasteiger partial charge in [-0.2, -0.15) is 0 Å². The zero-order valence-corrected chi connectivity index (χ0v) is 9.10. The van der Waals surface area contributed by atoms with Crippen molar-refractivity contribution in [2.45, 2.75) is 38.8 Å². The molecule has 0 radical (unpaired) electrons. The van der Waals surface area contributed by atoms with Crippen LogP contribution in [0.2, 0.25) is 0 Å². The fourth-order valence-electron chi connectivity index (χ4n) is 1.47. The number of ether oxygens (including phenoxy) is 1. The molecule has 1 amide bonds. The van der Waals surface area contributed by atoms with Crippen LogP contribution in [0.5, 0.6) is 0 Å². The smallest absolute Gasteiger partial charge is 0.323 e. The van der Waals surface area contributed by atoms with Gasteiger partial charge in [-0.05, 0) is 26.7 Å². The molecule has 1 saturated carbocycles. The Labute approximate surface area is 89.0 Å². The molecule has 0 aliphatic heterocycles. The van der Waals surface area contributed by atoms with Crippen LogP contribution in [0.4, 0.5) is 0 Å². The number of hydrogen-bond acceptors (Lipinski definition) is 3. The first-order chi connectivity index (χ1) is 7.06. The van der Waals surface area contributed by atoms with E-state index in [1.165, 1.54) is 4.90 Å². The molecular weight excluding hydrogens is 198 g/mol. The summed E-state index contributed by atoms with van der Waals surface area (Å²) in [4.78, 5) is 23.8. The summed E-state index contributed by atoms with van der Waals surface area (Å²) < 4.78 is 5.16. The van der Waals surface area contributed by atoms with Crippen LogP contribution < -0.4 is 0 Å². The molecule has 1 aliphatic carbocycles. The highest BCUT2D eigenvalue weighted by atomic mass is 16.5. The Balaban J connectivity index is 2.54. The van der Waals surface area contributed by atoms with Gasteiger partial charge in [0.1, 0.15) is 12.6 Å². The van der Waals surface area contributed by atoms with Crippen molar-refractivity contribution in [2.75, 3.05) is 13.2 Å². The van der Waals surface area contributed by atoms with Crippen molar-refractivity contribution >= 4 is 11.9 Å². The Hall–Kier alpha value is -1.10. The third kappa shape index (κ3) is 3.51. The van der Waals surface area contributed by atoms with Gasteiger partial charge in [-0.25, -0.2) is 0 Å². The zero-order valence-electron chi connectivity index (χ0n) is 9.10. The summed E-state index contributed by atoms with van der Waals surface area (Å²) >= 11 is 0. The van der Waals surface area contributed by atoms with Gasteiger partial charge in [0.2, 0.25) is 0 Å². The Morgan fingerprint density at radius 1 is 1.53 bits per heavy atom. The second kappa shape index (κ2) is 5.11. The summed E-state index contributed by atoms with van der Waals surface area (Å²) in [5.41, 5.74) is 0. The highest BCUT2D eigenvalue weighted by molar-refractivity contribution is 5.85. The molecule has 1 fully saturated rings. The molecular formula is C10H17NO4. The van der Waals surface area contributed by atoms with Gasteiger partial charge >= 0.3 is 5.97 Å². The number of aliphatic carboxylic acids is 1. The fraction of sp³-hybridized carbons (Fsp3) is 0.800. The molecule has 0 aromatic carbocycles. The van der Waals surface area contributed by atoms with Gasteiger partial charge in [0.05, 0.1) is 0 Å². The first-order valence-electron chi connectivity index (χ1n) is 5.20. The van der Waals surface area contributed by atoms with Crippen molar-refractivity contribution in [3.8, 4) is 0 Å². The lowest BCUT2D eigenvalue weighted by atomic mass is 10.3. The third-order valence-corrected chi connectivity index (χ3v) is 2.34. The van der Waals surface area contributed by atoms with Crippen molar-refractivity contribution in [2.24, 2.45) is 0 Å². The zero-order chi connectivity index (χ0) is 11.4. The molecule has 0 aromatic heterocycles. The molecule has 0 heterocycles. The van der Waals surface area contributed by atoms with E-state index in [-0.39, 0.29) is 18.5 Å². The second-order valence-corrected chi connectivity index (χ2v) is 3.69. The lowest BCUT2D eigenvalue weighted by Crippen LogP contribution is -2.43. The quantitative estimate of drug-likeness (QED) is 0.700. The average molecular weight is 215 g/mol. The van der Waals surface area contributed by atoms with Gasteiger partial charge < -0.3 is 14.7 Å². The van der Waals surface area contributed by atoms with Crippen LogP contribution in [-0.4, -0.2) is 47.2 Å². The Bertz CT molecular complexity index is 250. The van der Waals surface area contributed by atoms with E-state index in [1.807, 2.05) is 6.92 Å². The Kier molecular flexibility index (Phi) is 4.08. The molecule has 1 atom stereocenters. The molecule has 1 aliphatic rings. The van der Waals surface area contributed by atoms with Crippen LogP contribution in [0.3, 0.4) is 0 Å². The van der Waals surface area contributed by atoms with Crippen LogP contribution in [0.1, 0.15) is 26.7 Å². The molecule has 86 valence electrons. The fourth-order valence-corrected chi connectivity index (χ4v) is 1.47. The largest absolute Gasteiger partial charge is 0.480 e. The van der Waals surface area contributed by atoms with Crippen LogP contribution in [0, 0.1) is 0 Å². The summed E-state index contributed by atoms with van der Waals surface area (Å²) in [6.07, 6.45) is 1.25. The lowest BCUT2D eigenvalue weighted by molar-refractivity contribution is -0.150. The highest BCUT2D eigenvalue weighted by Gasteiger charge is 2.35. The molecule has 1 N–H and O–H groups in total. The maximum Gasteiger partial charge on any atom is 0.323 e. The van der Waals surface area contributed by atoms with Crippen molar-refractivity contribution in [1.82, 2.24) is 4.90 Å². The van der Waals surface area contributed by atoms with E-state index in [1.54, 1.807) is 6.92 Å². The van der Waals surface area contributed by atoms with E-state index >= 15 is 0 Å². The number of rotatable bonds is 6. The van der Waals surface area contributed by atoms with Crippen LogP contribution in [-0.2, 0) is 14.3 Å². The molecule has 1 unspecified atom stereocenters. The van der Waals surface area contributed by atoms with Crippen molar-refractivity contribution < 1.29 is 19.4 Å². The van der Waals surface area contributed by atoms with E-state index < -0.39 is 12.1 Å². The number of hydrogen-bond donors (Lipinski definition) is 1. The van der Waals surface area contributed by atoms with E-state index in [0.717, 1.165) is 12.8 Å². The molecule has 5 heteroatoms. The van der Waals surface area contributed by atoms with Gasteiger partial charge in [-0.3, -0.25) is 9.59 Å². The number of carboxylic acid groups (broad SMARTS) is 1. The average Bonchev–Trinajstić information content (AvgIpc) is 2.96. The lowest BCUT2D eigenvalue weighted by Gasteiger charge is -2.23. The van der Waals surface area contributed by atoms with Crippen LogP contribution in [0.25, 0.3) is 0 Å². The summed E-state index contributed by atoms with van der Waals surface area (Å²) in [5, 5.41) is 8.69. The maximum absolute atomic E-state index is 11.8. The predicted molar refractivity (Wildman–Crippen MR) is 53.5 cm³/mol. The minimum Gasteiger partial charge on any atom is -0.480 e. The normalized spacial score (nSPS) is 17.2. The van der Waals surface area contributed by atoms with Gasteiger partial charge in [0.15, 0.2) is 0 Å². The number of nitrogens with zero attached hydrogens (tertiary/aromatic N) is 1. The summed E-state index contributed by atoms with van der Waals surface area (Å²) in [5.74, 6) is -1.19. The summed E-state index contributed by atoms with van der Waals surface area (Å²) in [6.45, 7) is 3.70. The van der Waals surface area contributed by atoms with E-state index in [0.29, 0.717) is 6.61 Å². The first-order valence-corrected chi connectivity index (χ1v) is 5.20. The van der Waals surface area contributed by atoms with E-state index in [4.69, 9.17) is 9.84 Å². The van der Waals surface area contributed by atoms with Gasteiger partial charge in [-0.1, -0.05) is 0 Å². The van der Waals surface area contributed by atoms with Crippen molar-refractivity contribution in [3.63, 3.8) is 0 Å². The standard InChI is InChI=1S/C10H17NO4/c1-3-15-7(2)10(14)11(6-9(12)13)8-4-5-8/h7-8H,3-6H2,1-2H3,(H,12,13). The number of amides is 1. The molecule has 0 saturated heterocycles. The molecule has 0 aromatic rings. The van der Waals surface area contributed by atoms with Crippen LogP contribution in [0.15, 0.2) is 0 Å². The summed E-state index contributed by atoms with van der Waals surface area (Å²) in [7, 11) is 0. The summed E-state index contributed by atoms with van der Waals surface area (Å²) in [6, 6.07) is 0.108. The molecule has 0 spiro atoms. The van der Waals surface area contributed by atoms with E-state index in [9.17, 15) is 9.59 Å². The highest BCUT2D eigenvalue weighted by Crippen LogP contribution is 2.27. The minimum absolute atomic E-state index is 0.108. The topological polar surface area (TPSA) is 66.8 Å². The molecule has 5 nitrogen and oxygen atoms in total. The van der Waals surface area contributed by atoms with Crippen molar-refractivity contribution in [3.05, 3.63) is 0 Å². The third-order valence-electron chi connectivity index (χ3n) is 2.34. The van der Waals surface area contributed by atoms with Crippen LogP contribution >= 0.6 is 0 Å². The molecule has 15 heavy (non-hydrogen) atoms.